The third kappa shape index (κ3) is 5.16. The molecule has 1 fully saturated rings. The number of likely N-dealkylation sites (tertiary alicyclic amines) is 1. The summed E-state index contributed by atoms with van der Waals surface area (Å²) in [7, 11) is 0. The number of amides is 1. The molecule has 1 aliphatic heterocycles. The van der Waals surface area contributed by atoms with Gasteiger partial charge in [0.1, 0.15) is 6.26 Å². The SMILES string of the molecule is CC1CC(C)CN(CCNC(=O)CCc2nc(-c3ccoc3)no2)C1. The number of hydrogen-bond donors (Lipinski definition) is 1. The second kappa shape index (κ2) is 8.29. The minimum Gasteiger partial charge on any atom is -0.472 e. The highest BCUT2D eigenvalue weighted by Crippen LogP contribution is 2.20. The zero-order chi connectivity index (χ0) is 17.6. The molecule has 7 heteroatoms. The molecule has 0 spiro atoms. The van der Waals surface area contributed by atoms with Crippen molar-refractivity contribution in [1.82, 2.24) is 20.4 Å². The Morgan fingerprint density at radius 3 is 2.88 bits per heavy atom. The highest BCUT2D eigenvalue weighted by molar-refractivity contribution is 5.76. The number of aryl methyl sites for hydroxylation is 1. The number of nitrogens with one attached hydrogen (secondary N) is 1. The molecule has 3 heterocycles. The highest BCUT2D eigenvalue weighted by atomic mass is 16.5. The third-order valence-corrected chi connectivity index (χ3v) is 4.51. The number of nitrogens with zero attached hydrogens (tertiary/aromatic N) is 3. The van der Waals surface area contributed by atoms with Gasteiger partial charge in [-0.2, -0.15) is 4.98 Å². The zero-order valence-electron chi connectivity index (χ0n) is 14.9. The Morgan fingerprint density at radius 2 is 2.16 bits per heavy atom. The van der Waals surface area contributed by atoms with E-state index in [1.165, 1.54) is 6.42 Å². The van der Waals surface area contributed by atoms with E-state index in [1.54, 1.807) is 18.6 Å². The van der Waals surface area contributed by atoms with Crippen molar-refractivity contribution in [1.29, 1.82) is 0 Å². The normalized spacial score (nSPS) is 21.4. The summed E-state index contributed by atoms with van der Waals surface area (Å²) in [6.07, 6.45) is 5.20. The van der Waals surface area contributed by atoms with E-state index in [-0.39, 0.29) is 5.91 Å². The van der Waals surface area contributed by atoms with Crippen LogP contribution in [0.25, 0.3) is 11.4 Å². The minimum atomic E-state index is 0.0150. The molecule has 2 atom stereocenters. The van der Waals surface area contributed by atoms with Crippen molar-refractivity contribution in [2.75, 3.05) is 26.2 Å². The summed E-state index contributed by atoms with van der Waals surface area (Å²) in [5.74, 6) is 2.44. The Labute approximate surface area is 147 Å². The molecule has 3 rings (SSSR count). The number of rotatable bonds is 7. The van der Waals surface area contributed by atoms with Gasteiger partial charge < -0.3 is 19.2 Å². The Kier molecular flexibility index (Phi) is 5.86. The summed E-state index contributed by atoms with van der Waals surface area (Å²) in [5.41, 5.74) is 0.768. The lowest BCUT2D eigenvalue weighted by atomic mass is 9.92. The van der Waals surface area contributed by atoms with Crippen molar-refractivity contribution < 1.29 is 13.7 Å². The summed E-state index contributed by atoms with van der Waals surface area (Å²) in [5, 5.41) is 6.87. The number of piperidine rings is 1. The average molecular weight is 346 g/mol. The lowest BCUT2D eigenvalue weighted by Gasteiger charge is -2.34. The first-order chi connectivity index (χ1) is 12.1. The van der Waals surface area contributed by atoms with E-state index in [9.17, 15) is 4.79 Å². The maximum absolute atomic E-state index is 12.0. The van der Waals surface area contributed by atoms with Crippen molar-refractivity contribution >= 4 is 5.91 Å². The molecule has 2 unspecified atom stereocenters. The van der Waals surface area contributed by atoms with Crippen LogP contribution in [0.1, 0.15) is 32.6 Å². The van der Waals surface area contributed by atoms with Crippen LogP contribution < -0.4 is 5.32 Å². The average Bonchev–Trinajstić information content (AvgIpc) is 3.23. The van der Waals surface area contributed by atoms with Gasteiger partial charge in [-0.3, -0.25) is 4.79 Å². The Bertz CT molecular complexity index is 658. The van der Waals surface area contributed by atoms with Gasteiger partial charge in [0.25, 0.3) is 0 Å². The van der Waals surface area contributed by atoms with E-state index in [0.717, 1.165) is 37.0 Å². The van der Waals surface area contributed by atoms with Crippen molar-refractivity contribution in [2.24, 2.45) is 11.8 Å². The Balaban J connectivity index is 1.36. The summed E-state index contributed by atoms with van der Waals surface area (Å²) < 4.78 is 10.2. The van der Waals surface area contributed by atoms with Crippen LogP contribution in [0.5, 0.6) is 0 Å². The van der Waals surface area contributed by atoms with Crippen LogP contribution in [0.2, 0.25) is 0 Å². The van der Waals surface area contributed by atoms with Gasteiger partial charge in [-0.25, -0.2) is 0 Å². The van der Waals surface area contributed by atoms with E-state index < -0.39 is 0 Å². The fourth-order valence-electron chi connectivity index (χ4n) is 3.50. The topological polar surface area (TPSA) is 84.4 Å². The molecule has 2 aromatic rings. The number of carbonyl (C=O) groups excluding carboxylic acids is 1. The van der Waals surface area contributed by atoms with Gasteiger partial charge in [-0.15, -0.1) is 0 Å². The summed E-state index contributed by atoms with van der Waals surface area (Å²) >= 11 is 0. The number of furan rings is 1. The van der Waals surface area contributed by atoms with Crippen molar-refractivity contribution in [3.05, 3.63) is 24.5 Å². The molecular weight excluding hydrogens is 320 g/mol. The minimum absolute atomic E-state index is 0.0150. The second-order valence-electron chi connectivity index (χ2n) is 7.08. The lowest BCUT2D eigenvalue weighted by molar-refractivity contribution is -0.121. The maximum atomic E-state index is 12.0. The molecule has 25 heavy (non-hydrogen) atoms. The van der Waals surface area contributed by atoms with Gasteiger partial charge in [0, 0.05) is 39.0 Å². The van der Waals surface area contributed by atoms with Gasteiger partial charge in [-0.1, -0.05) is 19.0 Å². The summed E-state index contributed by atoms with van der Waals surface area (Å²) in [6, 6.07) is 1.77. The Hall–Kier alpha value is -2.15. The molecule has 1 saturated heterocycles. The van der Waals surface area contributed by atoms with E-state index in [4.69, 9.17) is 8.94 Å². The first kappa shape index (κ1) is 17.7. The molecule has 1 N–H and O–H groups in total. The van der Waals surface area contributed by atoms with Crippen molar-refractivity contribution in [2.45, 2.75) is 33.1 Å². The molecule has 1 amide bonds. The first-order valence-electron chi connectivity index (χ1n) is 8.94. The molecule has 136 valence electrons. The molecule has 2 aromatic heterocycles. The molecule has 0 bridgehead atoms. The van der Waals surface area contributed by atoms with Crippen LogP contribution in [0.15, 0.2) is 27.5 Å². The fraction of sp³-hybridized carbons (Fsp3) is 0.611. The summed E-state index contributed by atoms with van der Waals surface area (Å²) in [6.45, 7) is 8.43. The number of carbonyl (C=O) groups is 1. The predicted octanol–water partition coefficient (Wildman–Crippen LogP) is 2.36. The summed E-state index contributed by atoms with van der Waals surface area (Å²) in [4.78, 5) is 18.7. The smallest absolute Gasteiger partial charge is 0.227 e. The van der Waals surface area contributed by atoms with E-state index in [2.05, 4.69) is 34.2 Å². The van der Waals surface area contributed by atoms with Crippen molar-refractivity contribution in [3.8, 4) is 11.4 Å². The molecule has 1 aliphatic rings. The molecule has 0 saturated carbocycles. The highest BCUT2D eigenvalue weighted by Gasteiger charge is 2.21. The van der Waals surface area contributed by atoms with Crippen LogP contribution in [0.4, 0.5) is 0 Å². The lowest BCUT2D eigenvalue weighted by Crippen LogP contribution is -2.42. The van der Waals surface area contributed by atoms with Crippen LogP contribution in [0, 0.1) is 11.8 Å². The molecule has 0 aliphatic carbocycles. The van der Waals surface area contributed by atoms with Crippen LogP contribution in [-0.4, -0.2) is 47.1 Å². The third-order valence-electron chi connectivity index (χ3n) is 4.51. The van der Waals surface area contributed by atoms with E-state index in [1.807, 2.05) is 0 Å². The number of hydrogen-bond acceptors (Lipinski definition) is 6. The molecule has 7 nitrogen and oxygen atoms in total. The van der Waals surface area contributed by atoms with Gasteiger partial charge in [0.05, 0.1) is 11.8 Å². The number of aromatic nitrogens is 2. The molecule has 0 radical (unpaired) electrons. The van der Waals surface area contributed by atoms with Crippen LogP contribution in [-0.2, 0) is 11.2 Å². The van der Waals surface area contributed by atoms with Gasteiger partial charge in [0.15, 0.2) is 0 Å². The molecule has 0 aromatic carbocycles. The zero-order valence-corrected chi connectivity index (χ0v) is 14.9. The second-order valence-corrected chi connectivity index (χ2v) is 7.08. The van der Waals surface area contributed by atoms with Gasteiger partial charge in [-0.05, 0) is 24.3 Å². The van der Waals surface area contributed by atoms with Crippen molar-refractivity contribution in [3.63, 3.8) is 0 Å². The largest absolute Gasteiger partial charge is 0.472 e. The Morgan fingerprint density at radius 1 is 1.36 bits per heavy atom. The quantitative estimate of drug-likeness (QED) is 0.828. The van der Waals surface area contributed by atoms with Crippen LogP contribution in [0.3, 0.4) is 0 Å². The van der Waals surface area contributed by atoms with Crippen LogP contribution >= 0.6 is 0 Å². The molecular formula is C18H26N4O3. The monoisotopic (exact) mass is 346 g/mol. The standard InChI is InChI=1S/C18H26N4O3/c1-13-9-14(2)11-22(10-13)7-6-19-16(23)3-4-17-20-18(21-25-17)15-5-8-24-12-15/h5,8,12-14H,3-4,6-7,9-11H2,1-2H3,(H,19,23). The maximum Gasteiger partial charge on any atom is 0.227 e. The first-order valence-corrected chi connectivity index (χ1v) is 8.94. The van der Waals surface area contributed by atoms with E-state index >= 15 is 0 Å². The predicted molar refractivity (Wildman–Crippen MR) is 92.7 cm³/mol. The fourth-order valence-corrected chi connectivity index (χ4v) is 3.50. The van der Waals surface area contributed by atoms with E-state index in [0.29, 0.717) is 31.1 Å². The van der Waals surface area contributed by atoms with Gasteiger partial charge >= 0.3 is 0 Å². The van der Waals surface area contributed by atoms with Gasteiger partial charge in [0.2, 0.25) is 17.6 Å².